The second kappa shape index (κ2) is 8.39. The van der Waals surface area contributed by atoms with Crippen molar-refractivity contribution in [2.75, 3.05) is 6.61 Å². The predicted octanol–water partition coefficient (Wildman–Crippen LogP) is 4.17. The Hall–Kier alpha value is -2.63. The van der Waals surface area contributed by atoms with Crippen molar-refractivity contribution in [2.45, 2.75) is 38.8 Å². The van der Waals surface area contributed by atoms with E-state index in [1.54, 1.807) is 30.5 Å². The van der Waals surface area contributed by atoms with Crippen molar-refractivity contribution in [3.05, 3.63) is 75.3 Å². The highest BCUT2D eigenvalue weighted by Crippen LogP contribution is 2.31. The van der Waals surface area contributed by atoms with Gasteiger partial charge < -0.3 is 14.9 Å². The van der Waals surface area contributed by atoms with E-state index in [1.165, 1.54) is 0 Å². The van der Waals surface area contributed by atoms with Crippen molar-refractivity contribution in [3.8, 4) is 5.75 Å². The van der Waals surface area contributed by atoms with Crippen molar-refractivity contribution in [1.29, 1.82) is 0 Å². The van der Waals surface area contributed by atoms with Gasteiger partial charge in [0.2, 0.25) is 0 Å². The summed E-state index contributed by atoms with van der Waals surface area (Å²) in [6, 6.07) is 8.88. The molecule has 0 amide bonds. The van der Waals surface area contributed by atoms with Crippen LogP contribution in [-0.2, 0) is 16.8 Å². The molecule has 1 aliphatic rings. The van der Waals surface area contributed by atoms with Crippen molar-refractivity contribution in [3.63, 3.8) is 0 Å². The van der Waals surface area contributed by atoms with Gasteiger partial charge in [0.1, 0.15) is 11.4 Å². The third-order valence-electron chi connectivity index (χ3n) is 5.30. The maximum absolute atomic E-state index is 10.9. The molecule has 0 spiro atoms. The Morgan fingerprint density at radius 2 is 2.00 bits per heavy atom. The summed E-state index contributed by atoms with van der Waals surface area (Å²) < 4.78 is 5.40. The average Bonchev–Trinajstić information content (AvgIpc) is 2.68. The van der Waals surface area contributed by atoms with E-state index in [9.17, 15) is 9.90 Å². The van der Waals surface area contributed by atoms with Crippen molar-refractivity contribution >= 4 is 23.8 Å². The average molecular weight is 414 g/mol. The van der Waals surface area contributed by atoms with Crippen LogP contribution >= 0.6 is 11.6 Å². The lowest BCUT2D eigenvalue weighted by Crippen LogP contribution is -2.29. The molecule has 0 aromatic heterocycles. The normalized spacial score (nSPS) is 20.7. The van der Waals surface area contributed by atoms with Crippen LogP contribution in [0.25, 0.3) is 0 Å². The van der Waals surface area contributed by atoms with Crippen LogP contribution in [0.3, 0.4) is 0 Å². The number of carbonyl (C=O) groups is 1. The molecule has 0 saturated carbocycles. The molecule has 2 aromatic carbocycles. The number of halogens is 1. The molecule has 2 unspecified atom stereocenters. The van der Waals surface area contributed by atoms with Gasteiger partial charge in [-0.2, -0.15) is 0 Å². The topological polar surface area (TPSA) is 79.1 Å². The third kappa shape index (κ3) is 4.69. The van der Waals surface area contributed by atoms with Crippen LogP contribution in [0.1, 0.15) is 27.8 Å². The number of hydrogen-bond donors (Lipinski definition) is 2. The number of aliphatic hydroxyl groups is 1. The quantitative estimate of drug-likeness (QED) is 0.696. The van der Waals surface area contributed by atoms with E-state index >= 15 is 0 Å². The molecule has 2 N–H and O–H groups in total. The van der Waals surface area contributed by atoms with Crippen molar-refractivity contribution < 1.29 is 19.7 Å². The van der Waals surface area contributed by atoms with Gasteiger partial charge in [-0.3, -0.25) is 4.99 Å². The van der Waals surface area contributed by atoms with Gasteiger partial charge in [-0.1, -0.05) is 29.8 Å². The van der Waals surface area contributed by atoms with Gasteiger partial charge >= 0.3 is 5.97 Å². The van der Waals surface area contributed by atoms with Gasteiger partial charge in [0.15, 0.2) is 6.61 Å². The smallest absolute Gasteiger partial charge is 0.341 e. The fourth-order valence-electron chi connectivity index (χ4n) is 3.50. The number of nitrogens with zero attached hydrogens (tertiary/aromatic N) is 1. The molecular formula is C23H24ClNO4. The number of aliphatic carboxylic acids is 1. The lowest BCUT2D eigenvalue weighted by molar-refractivity contribution is -0.139. The van der Waals surface area contributed by atoms with E-state index in [2.05, 4.69) is 4.99 Å². The Balaban J connectivity index is 1.79. The van der Waals surface area contributed by atoms with Gasteiger partial charge in [-0.25, -0.2) is 4.79 Å². The minimum atomic E-state index is -1.27. The first kappa shape index (κ1) is 21.1. The molecule has 29 heavy (non-hydrogen) atoms. The summed E-state index contributed by atoms with van der Waals surface area (Å²) in [6.07, 6.45) is 5.89. The summed E-state index contributed by atoms with van der Waals surface area (Å²) in [5.41, 5.74) is 3.55. The van der Waals surface area contributed by atoms with E-state index in [0.29, 0.717) is 22.8 Å². The number of aryl methyl sites for hydroxylation is 1. The summed E-state index contributed by atoms with van der Waals surface area (Å²) in [5, 5.41) is 20.3. The van der Waals surface area contributed by atoms with E-state index in [4.69, 9.17) is 21.4 Å². The van der Waals surface area contributed by atoms with E-state index in [0.717, 1.165) is 22.3 Å². The highest BCUT2D eigenvalue weighted by Gasteiger charge is 2.28. The predicted molar refractivity (Wildman–Crippen MR) is 114 cm³/mol. The highest BCUT2D eigenvalue weighted by atomic mass is 35.5. The van der Waals surface area contributed by atoms with Crippen LogP contribution in [-0.4, -0.2) is 35.0 Å². The molecule has 0 radical (unpaired) electrons. The second-order valence-electron chi connectivity index (χ2n) is 7.35. The second-order valence-corrected chi connectivity index (χ2v) is 7.78. The van der Waals surface area contributed by atoms with E-state index < -0.39 is 11.6 Å². The van der Waals surface area contributed by atoms with Crippen LogP contribution in [0.2, 0.25) is 5.02 Å². The Bertz CT molecular complexity index is 983. The molecule has 2 atom stereocenters. The maximum Gasteiger partial charge on any atom is 0.341 e. The monoisotopic (exact) mass is 413 g/mol. The molecule has 5 nitrogen and oxygen atoms in total. The van der Waals surface area contributed by atoms with E-state index in [-0.39, 0.29) is 12.6 Å². The molecular weight excluding hydrogens is 390 g/mol. The van der Waals surface area contributed by atoms with Gasteiger partial charge in [0.25, 0.3) is 0 Å². The number of carboxylic acids is 1. The van der Waals surface area contributed by atoms with Crippen LogP contribution in [0.5, 0.6) is 5.75 Å². The summed E-state index contributed by atoms with van der Waals surface area (Å²) in [4.78, 5) is 15.3. The molecule has 0 fully saturated rings. The van der Waals surface area contributed by atoms with Crippen LogP contribution in [0.4, 0.5) is 0 Å². The van der Waals surface area contributed by atoms with Crippen molar-refractivity contribution in [2.24, 2.45) is 4.99 Å². The molecule has 152 valence electrons. The molecule has 0 aliphatic carbocycles. The Morgan fingerprint density at radius 3 is 2.62 bits per heavy atom. The minimum absolute atomic E-state index is 0.1000. The van der Waals surface area contributed by atoms with Gasteiger partial charge in [0, 0.05) is 11.2 Å². The largest absolute Gasteiger partial charge is 0.482 e. The SMILES string of the molecule is Cc1cc(OCC(=O)O)c(C)c(C)c1CC1C=CC(O)(c2cccc(Cl)c2)C=N1. The third-order valence-corrected chi connectivity index (χ3v) is 5.53. The summed E-state index contributed by atoms with van der Waals surface area (Å²) in [6.45, 7) is 5.54. The zero-order valence-corrected chi connectivity index (χ0v) is 17.4. The number of carboxylic acid groups (broad SMARTS) is 1. The standard InChI is InChI=1S/C23H24ClNO4/c1-14-9-21(29-12-22(26)27)16(3)15(2)20(14)11-19-7-8-23(28,13-25-19)17-5-4-6-18(24)10-17/h4-10,13,19,28H,11-12H2,1-3H3,(H,26,27). The van der Waals surface area contributed by atoms with Crippen LogP contribution in [0, 0.1) is 20.8 Å². The first-order chi connectivity index (χ1) is 13.7. The summed E-state index contributed by atoms with van der Waals surface area (Å²) in [5.74, 6) is -0.415. The number of aliphatic imine (C=N–C) groups is 1. The fraction of sp³-hybridized carbons (Fsp3) is 0.304. The first-order valence-electron chi connectivity index (χ1n) is 9.36. The molecule has 1 aliphatic heterocycles. The van der Waals surface area contributed by atoms with Gasteiger partial charge in [-0.05, 0) is 79.3 Å². The number of dihydropyridines is 1. The zero-order chi connectivity index (χ0) is 21.2. The fourth-order valence-corrected chi connectivity index (χ4v) is 3.69. The van der Waals surface area contributed by atoms with Gasteiger partial charge in [0.05, 0.1) is 6.04 Å². The lowest BCUT2D eigenvalue weighted by atomic mass is 9.88. The van der Waals surface area contributed by atoms with Crippen molar-refractivity contribution in [1.82, 2.24) is 0 Å². The van der Waals surface area contributed by atoms with E-state index in [1.807, 2.05) is 39.0 Å². The molecule has 0 saturated heterocycles. The zero-order valence-electron chi connectivity index (χ0n) is 16.6. The molecule has 3 rings (SSSR count). The van der Waals surface area contributed by atoms with Crippen LogP contribution in [0.15, 0.2) is 47.5 Å². The number of ether oxygens (including phenoxy) is 1. The summed E-state index contributed by atoms with van der Waals surface area (Å²) in [7, 11) is 0. The molecule has 6 heteroatoms. The molecule has 1 heterocycles. The minimum Gasteiger partial charge on any atom is -0.482 e. The number of benzene rings is 2. The van der Waals surface area contributed by atoms with Gasteiger partial charge in [-0.15, -0.1) is 0 Å². The number of rotatable bonds is 6. The molecule has 0 bridgehead atoms. The Labute approximate surface area is 175 Å². The molecule has 2 aromatic rings. The number of hydrogen-bond acceptors (Lipinski definition) is 4. The lowest BCUT2D eigenvalue weighted by Gasteiger charge is -2.26. The summed E-state index contributed by atoms with van der Waals surface area (Å²) >= 11 is 6.04. The first-order valence-corrected chi connectivity index (χ1v) is 9.74. The Morgan fingerprint density at radius 1 is 1.24 bits per heavy atom. The maximum atomic E-state index is 10.9. The Kier molecular flexibility index (Phi) is 6.10. The highest BCUT2D eigenvalue weighted by molar-refractivity contribution is 6.30. The van der Waals surface area contributed by atoms with Crippen LogP contribution < -0.4 is 4.74 Å².